The standard InChI is InChI=1S/C16H18ClNO4/c1-10(9-12(19)13-7-4-8-22-13)18-16(20)15-11(17)5-3-6-14(15)21-2/h3-8,10,12,19H,9H2,1-2H3,(H,18,20). The topological polar surface area (TPSA) is 71.7 Å². The van der Waals surface area contributed by atoms with E-state index in [4.69, 9.17) is 20.8 Å². The molecule has 1 amide bonds. The summed E-state index contributed by atoms with van der Waals surface area (Å²) in [5.74, 6) is 0.529. The molecule has 0 aliphatic rings. The predicted molar refractivity (Wildman–Crippen MR) is 83.2 cm³/mol. The number of hydrogen-bond donors (Lipinski definition) is 2. The van der Waals surface area contributed by atoms with Crippen LogP contribution in [0.3, 0.4) is 0 Å². The van der Waals surface area contributed by atoms with Crippen molar-refractivity contribution in [3.8, 4) is 5.75 Å². The molecule has 0 fully saturated rings. The van der Waals surface area contributed by atoms with Crippen molar-refractivity contribution in [3.05, 3.63) is 52.9 Å². The van der Waals surface area contributed by atoms with Crippen LogP contribution in [-0.4, -0.2) is 24.2 Å². The van der Waals surface area contributed by atoms with Crippen molar-refractivity contribution in [1.82, 2.24) is 5.32 Å². The summed E-state index contributed by atoms with van der Waals surface area (Å²) in [5, 5.41) is 13.1. The van der Waals surface area contributed by atoms with E-state index < -0.39 is 6.10 Å². The van der Waals surface area contributed by atoms with E-state index in [1.54, 1.807) is 37.3 Å². The summed E-state index contributed by atoms with van der Waals surface area (Å²) in [6.07, 6.45) is 1.04. The lowest BCUT2D eigenvalue weighted by molar-refractivity contribution is 0.0900. The number of carbonyl (C=O) groups is 1. The first-order chi connectivity index (χ1) is 10.5. The van der Waals surface area contributed by atoms with Crippen LogP contribution in [0.5, 0.6) is 5.75 Å². The molecule has 22 heavy (non-hydrogen) atoms. The van der Waals surface area contributed by atoms with Crippen LogP contribution in [0.2, 0.25) is 5.02 Å². The number of nitrogens with one attached hydrogen (secondary N) is 1. The third kappa shape index (κ3) is 3.81. The minimum Gasteiger partial charge on any atom is -0.496 e. The third-order valence-electron chi connectivity index (χ3n) is 3.25. The molecule has 0 aliphatic carbocycles. The Balaban J connectivity index is 2.03. The molecule has 0 aliphatic heterocycles. The second-order valence-electron chi connectivity index (χ2n) is 4.96. The first-order valence-corrected chi connectivity index (χ1v) is 7.25. The fourth-order valence-corrected chi connectivity index (χ4v) is 2.43. The first kappa shape index (κ1) is 16.4. The van der Waals surface area contributed by atoms with Crippen LogP contribution in [0.4, 0.5) is 0 Å². The van der Waals surface area contributed by atoms with Crippen molar-refractivity contribution in [2.45, 2.75) is 25.5 Å². The van der Waals surface area contributed by atoms with Gasteiger partial charge in [-0.25, -0.2) is 0 Å². The van der Waals surface area contributed by atoms with Gasteiger partial charge >= 0.3 is 0 Å². The van der Waals surface area contributed by atoms with Gasteiger partial charge in [-0.3, -0.25) is 4.79 Å². The molecule has 1 aromatic carbocycles. The van der Waals surface area contributed by atoms with E-state index in [2.05, 4.69) is 5.32 Å². The lowest BCUT2D eigenvalue weighted by Crippen LogP contribution is -2.34. The van der Waals surface area contributed by atoms with Crippen LogP contribution in [0.1, 0.15) is 35.6 Å². The van der Waals surface area contributed by atoms with E-state index in [-0.39, 0.29) is 17.5 Å². The molecular formula is C16H18ClNO4. The zero-order chi connectivity index (χ0) is 16.1. The lowest BCUT2D eigenvalue weighted by Gasteiger charge is -2.18. The van der Waals surface area contributed by atoms with E-state index in [1.165, 1.54) is 13.4 Å². The largest absolute Gasteiger partial charge is 0.496 e. The Hall–Kier alpha value is -1.98. The maximum Gasteiger partial charge on any atom is 0.256 e. The van der Waals surface area contributed by atoms with Crippen LogP contribution in [-0.2, 0) is 0 Å². The van der Waals surface area contributed by atoms with Crippen molar-refractivity contribution in [2.24, 2.45) is 0 Å². The second kappa shape index (κ2) is 7.33. The molecule has 118 valence electrons. The molecule has 0 saturated carbocycles. The fraction of sp³-hybridized carbons (Fsp3) is 0.312. The van der Waals surface area contributed by atoms with Gasteiger partial charge in [0.2, 0.25) is 0 Å². The van der Waals surface area contributed by atoms with Crippen LogP contribution in [0.25, 0.3) is 0 Å². The highest BCUT2D eigenvalue weighted by molar-refractivity contribution is 6.34. The summed E-state index contributed by atoms with van der Waals surface area (Å²) in [7, 11) is 1.48. The van der Waals surface area contributed by atoms with E-state index in [9.17, 15) is 9.90 Å². The number of rotatable bonds is 6. The normalized spacial score (nSPS) is 13.5. The first-order valence-electron chi connectivity index (χ1n) is 6.87. The number of methoxy groups -OCH3 is 1. The molecule has 0 spiro atoms. The summed E-state index contributed by atoms with van der Waals surface area (Å²) in [6, 6.07) is 8.13. The van der Waals surface area contributed by atoms with Gasteiger partial charge in [0, 0.05) is 12.5 Å². The van der Waals surface area contributed by atoms with Gasteiger partial charge in [0.1, 0.15) is 17.6 Å². The Kier molecular flexibility index (Phi) is 5.46. The van der Waals surface area contributed by atoms with E-state index >= 15 is 0 Å². The molecular weight excluding hydrogens is 306 g/mol. The van der Waals surface area contributed by atoms with Gasteiger partial charge in [0.15, 0.2) is 0 Å². The van der Waals surface area contributed by atoms with Crippen LogP contribution < -0.4 is 10.1 Å². The fourth-order valence-electron chi connectivity index (χ4n) is 2.18. The summed E-state index contributed by atoms with van der Waals surface area (Å²) in [5.41, 5.74) is 0.283. The molecule has 2 rings (SSSR count). The number of halogens is 1. The molecule has 0 saturated heterocycles. The smallest absolute Gasteiger partial charge is 0.256 e. The van der Waals surface area contributed by atoms with Crippen molar-refractivity contribution < 1.29 is 19.1 Å². The molecule has 2 unspecified atom stereocenters. The van der Waals surface area contributed by atoms with E-state index in [1.807, 2.05) is 0 Å². The highest BCUT2D eigenvalue weighted by Crippen LogP contribution is 2.26. The van der Waals surface area contributed by atoms with Gasteiger partial charge in [-0.15, -0.1) is 0 Å². The zero-order valence-electron chi connectivity index (χ0n) is 12.4. The molecule has 5 nitrogen and oxygen atoms in total. The van der Waals surface area contributed by atoms with Gasteiger partial charge in [-0.1, -0.05) is 17.7 Å². The van der Waals surface area contributed by atoms with E-state index in [0.29, 0.717) is 23.0 Å². The molecule has 1 aromatic heterocycles. The molecule has 0 radical (unpaired) electrons. The quantitative estimate of drug-likeness (QED) is 0.856. The van der Waals surface area contributed by atoms with Crippen molar-refractivity contribution in [1.29, 1.82) is 0 Å². The average Bonchev–Trinajstić information content (AvgIpc) is 3.00. The van der Waals surface area contributed by atoms with Crippen molar-refractivity contribution in [2.75, 3.05) is 7.11 Å². The monoisotopic (exact) mass is 323 g/mol. The minimum absolute atomic E-state index is 0.270. The Morgan fingerprint density at radius 1 is 1.41 bits per heavy atom. The maximum atomic E-state index is 12.3. The van der Waals surface area contributed by atoms with Crippen molar-refractivity contribution in [3.63, 3.8) is 0 Å². The number of ether oxygens (including phenoxy) is 1. The molecule has 2 aromatic rings. The molecule has 6 heteroatoms. The average molecular weight is 324 g/mol. The highest BCUT2D eigenvalue weighted by atomic mass is 35.5. The van der Waals surface area contributed by atoms with Gasteiger partial charge in [-0.05, 0) is 31.2 Å². The summed E-state index contributed by atoms with van der Waals surface area (Å²) < 4.78 is 10.3. The second-order valence-corrected chi connectivity index (χ2v) is 5.37. The van der Waals surface area contributed by atoms with Crippen LogP contribution in [0.15, 0.2) is 41.0 Å². The zero-order valence-corrected chi connectivity index (χ0v) is 13.1. The van der Waals surface area contributed by atoms with Gasteiger partial charge in [-0.2, -0.15) is 0 Å². The van der Waals surface area contributed by atoms with Gasteiger partial charge in [0.05, 0.1) is 24.0 Å². The minimum atomic E-state index is -0.779. The number of amides is 1. The number of hydrogen-bond acceptors (Lipinski definition) is 4. The Morgan fingerprint density at radius 2 is 2.18 bits per heavy atom. The van der Waals surface area contributed by atoms with Gasteiger partial charge < -0.3 is 19.6 Å². The van der Waals surface area contributed by atoms with Crippen LogP contribution >= 0.6 is 11.6 Å². The van der Waals surface area contributed by atoms with E-state index in [0.717, 1.165) is 0 Å². The molecule has 1 heterocycles. The molecule has 2 atom stereocenters. The molecule has 0 bridgehead atoms. The summed E-state index contributed by atoms with van der Waals surface area (Å²) >= 11 is 6.07. The number of carbonyl (C=O) groups excluding carboxylic acids is 1. The number of aliphatic hydroxyl groups excluding tert-OH is 1. The third-order valence-corrected chi connectivity index (χ3v) is 3.56. The number of furan rings is 1. The number of aliphatic hydroxyl groups is 1. The van der Waals surface area contributed by atoms with Crippen LogP contribution in [0, 0.1) is 0 Å². The summed E-state index contributed by atoms with van der Waals surface area (Å²) in [4.78, 5) is 12.3. The lowest BCUT2D eigenvalue weighted by atomic mass is 10.1. The highest BCUT2D eigenvalue weighted by Gasteiger charge is 2.20. The SMILES string of the molecule is COc1cccc(Cl)c1C(=O)NC(C)CC(O)c1ccco1. The Labute approximate surface area is 133 Å². The van der Waals surface area contributed by atoms with Crippen molar-refractivity contribution >= 4 is 17.5 Å². The summed E-state index contributed by atoms with van der Waals surface area (Å²) in [6.45, 7) is 1.80. The molecule has 2 N–H and O–H groups in total. The Bertz CT molecular complexity index is 627. The predicted octanol–water partition coefficient (Wildman–Crippen LogP) is 3.18. The maximum absolute atomic E-state index is 12.3. The Morgan fingerprint density at radius 3 is 2.82 bits per heavy atom. The number of benzene rings is 1. The van der Waals surface area contributed by atoms with Gasteiger partial charge in [0.25, 0.3) is 5.91 Å².